The summed E-state index contributed by atoms with van der Waals surface area (Å²) in [5.41, 5.74) is 2.71. The number of likely N-dealkylation sites (N-methyl/N-ethyl adjacent to an activating group) is 1. The number of nitrogens with one attached hydrogen (secondary N) is 1. The summed E-state index contributed by atoms with van der Waals surface area (Å²) in [6.07, 6.45) is 2.01. The fourth-order valence-electron chi connectivity index (χ4n) is 3.38. The fourth-order valence-corrected chi connectivity index (χ4v) is 4.86. The lowest BCUT2D eigenvalue weighted by Gasteiger charge is -2.38. The van der Waals surface area contributed by atoms with Gasteiger partial charge >= 0.3 is 6.09 Å². The minimum absolute atomic E-state index is 0.148. The van der Waals surface area contributed by atoms with E-state index < -0.39 is 6.09 Å². The molecule has 0 bridgehead atoms. The molecule has 2 aliphatic heterocycles. The lowest BCUT2D eigenvalue weighted by molar-refractivity contribution is 0.203. The lowest BCUT2D eigenvalue weighted by Crippen LogP contribution is -2.41. The molecule has 1 aromatic carbocycles. The van der Waals surface area contributed by atoms with Crippen molar-refractivity contribution in [3.8, 4) is 5.75 Å². The van der Waals surface area contributed by atoms with Gasteiger partial charge in [0.15, 0.2) is 0 Å². The van der Waals surface area contributed by atoms with Crippen molar-refractivity contribution in [1.29, 1.82) is 0 Å². The molecule has 2 atom stereocenters. The van der Waals surface area contributed by atoms with Gasteiger partial charge in [0.05, 0.1) is 5.37 Å². The van der Waals surface area contributed by atoms with E-state index in [9.17, 15) is 4.79 Å². The predicted octanol–water partition coefficient (Wildman–Crippen LogP) is 2.97. The Kier molecular flexibility index (Phi) is 3.32. The maximum atomic E-state index is 11.4. The third-order valence-electron chi connectivity index (χ3n) is 4.39. The number of carbonyl (C=O) groups excluding carboxylic acids is 1. The largest absolute Gasteiger partial charge is 0.412 e. The zero-order valence-corrected chi connectivity index (χ0v) is 12.9. The van der Waals surface area contributed by atoms with Gasteiger partial charge in [-0.05, 0) is 42.4 Å². The van der Waals surface area contributed by atoms with Crippen LogP contribution in [0.2, 0.25) is 0 Å². The molecule has 1 fully saturated rings. The number of anilines is 1. The molecule has 0 spiro atoms. The summed E-state index contributed by atoms with van der Waals surface area (Å²) >= 11 is 2.03. The van der Waals surface area contributed by atoms with E-state index >= 15 is 0 Å². The van der Waals surface area contributed by atoms with Crippen LogP contribution in [0.5, 0.6) is 5.75 Å². The van der Waals surface area contributed by atoms with Gasteiger partial charge in [-0.2, -0.15) is 0 Å². The van der Waals surface area contributed by atoms with Gasteiger partial charge in [-0.3, -0.25) is 0 Å². The highest BCUT2D eigenvalue weighted by Crippen LogP contribution is 2.54. The molecule has 1 amide bonds. The minimum Gasteiger partial charge on any atom is -0.410 e. The summed E-state index contributed by atoms with van der Waals surface area (Å²) in [5.74, 6) is 1.84. The summed E-state index contributed by atoms with van der Waals surface area (Å²) in [5, 5.41) is 2.97. The molecule has 5 heteroatoms. The molecule has 2 heterocycles. The Balaban J connectivity index is 1.99. The highest BCUT2D eigenvalue weighted by molar-refractivity contribution is 8.00. The Morgan fingerprint density at radius 1 is 1.55 bits per heavy atom. The molecular weight excluding hydrogens is 272 g/mol. The quantitative estimate of drug-likeness (QED) is 0.864. The molecule has 1 saturated heterocycles. The summed E-state index contributed by atoms with van der Waals surface area (Å²) in [7, 11) is 3.73. The Morgan fingerprint density at radius 2 is 2.35 bits per heavy atom. The van der Waals surface area contributed by atoms with Crippen molar-refractivity contribution in [2.45, 2.75) is 30.6 Å². The van der Waals surface area contributed by atoms with Crippen molar-refractivity contribution < 1.29 is 9.53 Å². The van der Waals surface area contributed by atoms with Gasteiger partial charge < -0.3 is 15.0 Å². The van der Waals surface area contributed by atoms with Crippen LogP contribution in [0, 0.1) is 0 Å². The maximum Gasteiger partial charge on any atom is 0.412 e. The molecule has 0 unspecified atom stereocenters. The number of benzene rings is 1. The first-order valence-corrected chi connectivity index (χ1v) is 7.99. The number of thioether (sulfide) groups is 1. The van der Waals surface area contributed by atoms with Gasteiger partial charge in [-0.25, -0.2) is 4.79 Å². The summed E-state index contributed by atoms with van der Waals surface area (Å²) in [6, 6.07) is 5.97. The van der Waals surface area contributed by atoms with Crippen LogP contribution in [0.3, 0.4) is 0 Å². The van der Waals surface area contributed by atoms with Gasteiger partial charge in [-0.15, -0.1) is 11.8 Å². The molecule has 3 rings (SSSR count). The first-order valence-electron chi connectivity index (χ1n) is 6.95. The van der Waals surface area contributed by atoms with Crippen LogP contribution in [0.15, 0.2) is 18.2 Å². The van der Waals surface area contributed by atoms with Crippen LogP contribution in [0.4, 0.5) is 10.5 Å². The van der Waals surface area contributed by atoms with Crippen molar-refractivity contribution in [1.82, 2.24) is 5.32 Å². The van der Waals surface area contributed by atoms with Crippen LogP contribution >= 0.6 is 11.8 Å². The Morgan fingerprint density at radius 3 is 3.10 bits per heavy atom. The van der Waals surface area contributed by atoms with E-state index in [1.165, 1.54) is 29.8 Å². The van der Waals surface area contributed by atoms with Gasteiger partial charge in [0.1, 0.15) is 5.75 Å². The molecule has 20 heavy (non-hydrogen) atoms. The zero-order valence-electron chi connectivity index (χ0n) is 12.1. The number of ether oxygens (including phenoxy) is 1. The average molecular weight is 292 g/mol. The van der Waals surface area contributed by atoms with Crippen molar-refractivity contribution >= 4 is 23.5 Å². The number of rotatable bonds is 1. The second-order valence-electron chi connectivity index (χ2n) is 5.67. The van der Waals surface area contributed by atoms with E-state index in [1.807, 2.05) is 23.9 Å². The third kappa shape index (κ3) is 1.95. The highest BCUT2D eigenvalue weighted by atomic mass is 32.2. The Hall–Kier alpha value is -1.36. The van der Waals surface area contributed by atoms with Crippen LogP contribution in [-0.4, -0.2) is 31.3 Å². The van der Waals surface area contributed by atoms with E-state index in [4.69, 9.17) is 4.74 Å². The van der Waals surface area contributed by atoms with E-state index in [-0.39, 0.29) is 5.41 Å². The Labute approximate surface area is 123 Å². The standard InChI is InChI=1S/C15H20N2O2S/c1-15-7-4-8-20-13(15)17(3)12-6-5-10(9-11(12)15)19-14(18)16-2/h5-6,9,13H,4,7-8H2,1-3H3,(H,16,18)/t13-,15-/m0/s1. The fraction of sp³-hybridized carbons (Fsp3) is 0.533. The molecule has 1 N–H and O–H groups in total. The molecule has 1 aromatic rings. The topological polar surface area (TPSA) is 41.6 Å². The van der Waals surface area contributed by atoms with Crippen molar-refractivity contribution in [2.75, 3.05) is 24.7 Å². The lowest BCUT2D eigenvalue weighted by atomic mass is 9.80. The van der Waals surface area contributed by atoms with Gasteiger partial charge in [-0.1, -0.05) is 6.92 Å². The van der Waals surface area contributed by atoms with Crippen LogP contribution < -0.4 is 15.0 Å². The minimum atomic E-state index is -0.420. The zero-order chi connectivity index (χ0) is 14.3. The van der Waals surface area contributed by atoms with E-state index in [0.29, 0.717) is 11.1 Å². The summed E-state index contributed by atoms with van der Waals surface area (Å²) in [6.45, 7) is 2.33. The second-order valence-corrected chi connectivity index (χ2v) is 6.86. The molecule has 0 aromatic heterocycles. The molecule has 108 valence electrons. The number of fused-ring (bicyclic) bond motifs is 3. The Bertz CT molecular complexity index is 549. The van der Waals surface area contributed by atoms with E-state index in [1.54, 1.807) is 7.05 Å². The summed E-state index contributed by atoms with van der Waals surface area (Å²) in [4.78, 5) is 13.7. The SMILES string of the molecule is CNC(=O)Oc1ccc2c(c1)[C@]1(C)CCCS[C@@H]1N2C. The molecular formula is C15H20N2O2S. The summed E-state index contributed by atoms with van der Waals surface area (Å²) < 4.78 is 5.27. The normalized spacial score (nSPS) is 27.8. The smallest absolute Gasteiger partial charge is 0.410 e. The number of nitrogens with zero attached hydrogens (tertiary/aromatic N) is 1. The number of amides is 1. The van der Waals surface area contributed by atoms with Crippen LogP contribution in [0.1, 0.15) is 25.3 Å². The highest BCUT2D eigenvalue weighted by Gasteiger charge is 2.48. The first kappa shape index (κ1) is 13.6. The number of hydrogen-bond donors (Lipinski definition) is 1. The van der Waals surface area contributed by atoms with Gasteiger partial charge in [0.2, 0.25) is 0 Å². The van der Waals surface area contributed by atoms with Crippen LogP contribution in [-0.2, 0) is 5.41 Å². The van der Waals surface area contributed by atoms with Gasteiger partial charge in [0.25, 0.3) is 0 Å². The number of hydrogen-bond acceptors (Lipinski definition) is 4. The maximum absolute atomic E-state index is 11.4. The molecule has 4 nitrogen and oxygen atoms in total. The third-order valence-corrected chi connectivity index (χ3v) is 6.07. The van der Waals surface area contributed by atoms with Crippen molar-refractivity contribution in [3.05, 3.63) is 23.8 Å². The predicted molar refractivity (Wildman–Crippen MR) is 82.8 cm³/mol. The molecule has 0 saturated carbocycles. The monoisotopic (exact) mass is 292 g/mol. The van der Waals surface area contributed by atoms with Crippen molar-refractivity contribution in [2.24, 2.45) is 0 Å². The van der Waals surface area contributed by atoms with Gasteiger partial charge in [0, 0.05) is 25.2 Å². The second kappa shape index (κ2) is 4.88. The van der Waals surface area contributed by atoms with Crippen molar-refractivity contribution in [3.63, 3.8) is 0 Å². The van der Waals surface area contributed by atoms with E-state index in [2.05, 4.69) is 30.3 Å². The molecule has 0 radical (unpaired) electrons. The average Bonchev–Trinajstić information content (AvgIpc) is 2.68. The molecule has 2 aliphatic rings. The number of carbonyl (C=O) groups is 1. The van der Waals surface area contributed by atoms with E-state index in [0.717, 1.165) is 0 Å². The first-order chi connectivity index (χ1) is 9.56. The molecule has 0 aliphatic carbocycles. The van der Waals surface area contributed by atoms with Crippen LogP contribution in [0.25, 0.3) is 0 Å².